The molecule has 0 unspecified atom stereocenters. The van der Waals surface area contributed by atoms with Crippen LogP contribution >= 0.6 is 0 Å². The molecular formula is C24H26N4O2. The number of piperazine rings is 1. The summed E-state index contributed by atoms with van der Waals surface area (Å²) < 4.78 is 7.73. The number of hydrogen-bond donors (Lipinski definition) is 0. The highest BCUT2D eigenvalue weighted by Crippen LogP contribution is 2.38. The number of fused-ring (bicyclic) bond motifs is 3. The molecule has 2 aromatic carbocycles. The number of carbonyl (C=O) groups excluding carboxylic acids is 1. The molecule has 1 saturated heterocycles. The first-order valence-electron chi connectivity index (χ1n) is 10.4. The van der Waals surface area contributed by atoms with Crippen LogP contribution in [0.25, 0.3) is 11.3 Å². The number of hydrogen-bond acceptors (Lipinski definition) is 4. The van der Waals surface area contributed by atoms with Crippen molar-refractivity contribution >= 4 is 11.6 Å². The van der Waals surface area contributed by atoms with Crippen LogP contribution in [0.2, 0.25) is 0 Å². The van der Waals surface area contributed by atoms with Gasteiger partial charge in [0.1, 0.15) is 12.4 Å². The number of ether oxygens (including phenoxy) is 1. The lowest BCUT2D eigenvalue weighted by atomic mass is 10.0. The Bertz CT molecular complexity index is 1120. The lowest BCUT2D eigenvalue weighted by Gasteiger charge is -2.41. The van der Waals surface area contributed by atoms with Gasteiger partial charge < -0.3 is 14.5 Å². The van der Waals surface area contributed by atoms with Crippen molar-refractivity contribution in [1.82, 2.24) is 14.7 Å². The average molecular weight is 402 g/mol. The maximum atomic E-state index is 13.4. The van der Waals surface area contributed by atoms with Crippen LogP contribution in [0.3, 0.4) is 0 Å². The Morgan fingerprint density at radius 2 is 1.97 bits per heavy atom. The fourth-order valence-electron chi connectivity index (χ4n) is 4.63. The summed E-state index contributed by atoms with van der Waals surface area (Å²) in [5.41, 5.74) is 5.83. The molecule has 154 valence electrons. The predicted molar refractivity (Wildman–Crippen MR) is 117 cm³/mol. The van der Waals surface area contributed by atoms with Crippen molar-refractivity contribution in [3.05, 3.63) is 65.4 Å². The molecule has 1 atom stereocenters. The van der Waals surface area contributed by atoms with E-state index in [0.717, 1.165) is 29.1 Å². The number of amides is 1. The van der Waals surface area contributed by atoms with E-state index in [-0.39, 0.29) is 11.9 Å². The number of nitrogens with zero attached hydrogens (tertiary/aromatic N) is 4. The monoisotopic (exact) mass is 402 g/mol. The van der Waals surface area contributed by atoms with E-state index in [1.54, 1.807) is 0 Å². The highest BCUT2D eigenvalue weighted by molar-refractivity contribution is 5.96. The molecule has 1 amide bonds. The van der Waals surface area contributed by atoms with E-state index >= 15 is 0 Å². The SMILES string of the molecule is Cc1cccc(N2CCN(C(=O)c3nn(C)c4c3COc3ccccc3-4)C[C@H]2C)c1. The van der Waals surface area contributed by atoms with E-state index in [2.05, 4.69) is 48.1 Å². The number of aryl methyl sites for hydroxylation is 2. The summed E-state index contributed by atoms with van der Waals surface area (Å²) in [5, 5.41) is 4.61. The summed E-state index contributed by atoms with van der Waals surface area (Å²) in [4.78, 5) is 17.7. The smallest absolute Gasteiger partial charge is 0.274 e. The Morgan fingerprint density at radius 3 is 2.77 bits per heavy atom. The van der Waals surface area contributed by atoms with Gasteiger partial charge in [0.25, 0.3) is 5.91 Å². The molecule has 6 nitrogen and oxygen atoms in total. The van der Waals surface area contributed by atoms with E-state index in [1.807, 2.05) is 40.9 Å². The van der Waals surface area contributed by atoms with Crippen LogP contribution in [0.4, 0.5) is 5.69 Å². The zero-order valence-corrected chi connectivity index (χ0v) is 17.6. The van der Waals surface area contributed by atoms with E-state index in [4.69, 9.17) is 4.74 Å². The van der Waals surface area contributed by atoms with Crippen molar-refractivity contribution < 1.29 is 9.53 Å². The second-order valence-electron chi connectivity index (χ2n) is 8.22. The first-order valence-corrected chi connectivity index (χ1v) is 10.4. The third-order valence-electron chi connectivity index (χ3n) is 6.11. The van der Waals surface area contributed by atoms with Crippen molar-refractivity contribution in [2.45, 2.75) is 26.5 Å². The second kappa shape index (κ2) is 7.20. The van der Waals surface area contributed by atoms with Gasteiger partial charge in [-0.25, -0.2) is 0 Å². The zero-order chi connectivity index (χ0) is 20.8. The molecular weight excluding hydrogens is 376 g/mol. The second-order valence-corrected chi connectivity index (χ2v) is 8.22. The molecule has 1 fully saturated rings. The summed E-state index contributed by atoms with van der Waals surface area (Å²) in [6.07, 6.45) is 0. The predicted octanol–water partition coefficient (Wildman–Crippen LogP) is 3.64. The molecule has 5 rings (SSSR count). The van der Waals surface area contributed by atoms with Gasteiger partial charge >= 0.3 is 0 Å². The third kappa shape index (κ3) is 3.03. The maximum Gasteiger partial charge on any atom is 0.274 e. The lowest BCUT2D eigenvalue weighted by Crippen LogP contribution is -2.54. The molecule has 0 radical (unpaired) electrons. The van der Waals surface area contributed by atoms with Crippen molar-refractivity contribution in [2.75, 3.05) is 24.5 Å². The molecule has 6 heteroatoms. The zero-order valence-electron chi connectivity index (χ0n) is 17.6. The highest BCUT2D eigenvalue weighted by Gasteiger charge is 2.33. The van der Waals surface area contributed by atoms with Gasteiger partial charge in [-0.05, 0) is 43.7 Å². The van der Waals surface area contributed by atoms with Crippen LogP contribution in [0.5, 0.6) is 5.75 Å². The van der Waals surface area contributed by atoms with E-state index < -0.39 is 0 Å². The summed E-state index contributed by atoms with van der Waals surface area (Å²) in [5.74, 6) is 0.831. The number of benzene rings is 2. The van der Waals surface area contributed by atoms with Gasteiger partial charge in [-0.1, -0.05) is 24.3 Å². The van der Waals surface area contributed by atoms with Crippen LogP contribution < -0.4 is 9.64 Å². The van der Waals surface area contributed by atoms with Crippen LogP contribution in [-0.4, -0.2) is 46.3 Å². The van der Waals surface area contributed by atoms with Crippen molar-refractivity contribution in [3.8, 4) is 17.0 Å². The first kappa shape index (κ1) is 18.7. The maximum absolute atomic E-state index is 13.4. The van der Waals surface area contributed by atoms with Gasteiger partial charge in [-0.2, -0.15) is 5.10 Å². The van der Waals surface area contributed by atoms with Crippen LogP contribution in [0.15, 0.2) is 48.5 Å². The van der Waals surface area contributed by atoms with E-state index in [9.17, 15) is 4.79 Å². The van der Waals surface area contributed by atoms with Crippen LogP contribution in [0.1, 0.15) is 28.5 Å². The van der Waals surface area contributed by atoms with Gasteiger partial charge in [-0.3, -0.25) is 9.48 Å². The summed E-state index contributed by atoms with van der Waals surface area (Å²) in [6, 6.07) is 16.7. The number of carbonyl (C=O) groups is 1. The number of aromatic nitrogens is 2. The van der Waals surface area contributed by atoms with Crippen LogP contribution in [0, 0.1) is 6.92 Å². The van der Waals surface area contributed by atoms with Gasteiger partial charge in [0.2, 0.25) is 0 Å². The molecule has 1 aromatic heterocycles. The lowest BCUT2D eigenvalue weighted by molar-refractivity contribution is 0.0717. The van der Waals surface area contributed by atoms with Crippen molar-refractivity contribution in [2.24, 2.45) is 7.05 Å². The number of anilines is 1. The van der Waals surface area contributed by atoms with Gasteiger partial charge in [0.15, 0.2) is 5.69 Å². The average Bonchev–Trinajstić information content (AvgIpc) is 3.10. The van der Waals surface area contributed by atoms with Gasteiger partial charge in [-0.15, -0.1) is 0 Å². The highest BCUT2D eigenvalue weighted by atomic mass is 16.5. The van der Waals surface area contributed by atoms with E-state index in [1.165, 1.54) is 11.3 Å². The fraction of sp³-hybridized carbons (Fsp3) is 0.333. The minimum absolute atomic E-state index is 0.00873. The molecule has 30 heavy (non-hydrogen) atoms. The molecule has 0 N–H and O–H groups in total. The molecule has 0 saturated carbocycles. The van der Waals surface area contributed by atoms with Crippen molar-refractivity contribution in [3.63, 3.8) is 0 Å². The normalized spacial score (nSPS) is 17.9. The Kier molecular flexibility index (Phi) is 4.50. The van der Waals surface area contributed by atoms with E-state index in [0.29, 0.717) is 25.4 Å². The minimum atomic E-state index is -0.00873. The van der Waals surface area contributed by atoms with Gasteiger partial charge in [0, 0.05) is 49.5 Å². The largest absolute Gasteiger partial charge is 0.488 e. The molecule has 2 aliphatic rings. The summed E-state index contributed by atoms with van der Waals surface area (Å²) in [7, 11) is 1.90. The third-order valence-corrected chi connectivity index (χ3v) is 6.11. The molecule has 0 aliphatic carbocycles. The summed E-state index contributed by atoms with van der Waals surface area (Å²) >= 11 is 0. The fourth-order valence-corrected chi connectivity index (χ4v) is 4.63. The molecule has 0 spiro atoms. The molecule has 3 aromatic rings. The Morgan fingerprint density at radius 1 is 1.13 bits per heavy atom. The first-order chi connectivity index (χ1) is 14.5. The molecule has 3 heterocycles. The van der Waals surface area contributed by atoms with Gasteiger partial charge in [0.05, 0.1) is 5.69 Å². The number of rotatable bonds is 2. The quantitative estimate of drug-likeness (QED) is 0.657. The number of para-hydroxylation sites is 1. The molecule has 2 aliphatic heterocycles. The minimum Gasteiger partial charge on any atom is -0.488 e. The van der Waals surface area contributed by atoms with Crippen molar-refractivity contribution in [1.29, 1.82) is 0 Å². The Labute approximate surface area is 176 Å². The topological polar surface area (TPSA) is 50.6 Å². The Balaban J connectivity index is 1.40. The van der Waals surface area contributed by atoms with Crippen LogP contribution in [-0.2, 0) is 13.7 Å². The summed E-state index contributed by atoms with van der Waals surface area (Å²) in [6.45, 7) is 6.83. The molecule has 0 bridgehead atoms. The standard InChI is InChI=1S/C24H26N4O2/c1-16-7-6-8-18(13-16)28-12-11-27(14-17(28)2)24(29)22-20-15-30-21-10-5-4-9-19(21)23(20)26(3)25-22/h4-10,13,17H,11-12,14-15H2,1-3H3/t17-/m1/s1. The Hall–Kier alpha value is -3.28.